The molecule has 0 radical (unpaired) electrons. The monoisotopic (exact) mass is 490 g/mol. The highest BCUT2D eigenvalue weighted by atomic mass is 16.5. The van der Waals surface area contributed by atoms with E-state index >= 15 is 0 Å². The zero-order valence-corrected chi connectivity index (χ0v) is 20.4. The maximum Gasteiger partial charge on any atom is 0.322 e. The Hall–Kier alpha value is -3.81. The van der Waals surface area contributed by atoms with Crippen molar-refractivity contribution in [3.05, 3.63) is 34.9 Å². The van der Waals surface area contributed by atoms with Gasteiger partial charge in [-0.05, 0) is 63.0 Å². The van der Waals surface area contributed by atoms with Gasteiger partial charge in [-0.3, -0.25) is 9.59 Å². The van der Waals surface area contributed by atoms with Crippen LogP contribution in [0.2, 0.25) is 0 Å². The average Bonchev–Trinajstić information content (AvgIpc) is 3.82. The number of primary amides is 1. The molecule has 2 saturated carbocycles. The van der Waals surface area contributed by atoms with Crippen LogP contribution in [0.5, 0.6) is 6.01 Å². The molecule has 36 heavy (non-hydrogen) atoms. The Labute approximate surface area is 209 Å². The van der Waals surface area contributed by atoms with Crippen LogP contribution in [0.25, 0.3) is 0 Å². The number of piperidine rings is 1. The minimum absolute atomic E-state index is 0.0193. The van der Waals surface area contributed by atoms with Gasteiger partial charge in [-0.25, -0.2) is 4.98 Å². The first-order valence-corrected chi connectivity index (χ1v) is 12.5. The number of nitriles is 1. The van der Waals surface area contributed by atoms with Crippen molar-refractivity contribution >= 4 is 17.8 Å². The largest absolute Gasteiger partial charge is 0.462 e. The molecular formula is C25H30N8O3. The summed E-state index contributed by atoms with van der Waals surface area (Å²) in [5.74, 6) is 0.221. The quantitative estimate of drug-likeness (QED) is 0.535. The molecule has 2 aromatic rings. The van der Waals surface area contributed by atoms with Crippen LogP contribution in [0.15, 0.2) is 12.1 Å². The molecule has 0 bridgehead atoms. The van der Waals surface area contributed by atoms with Crippen molar-refractivity contribution in [2.45, 2.75) is 51.4 Å². The summed E-state index contributed by atoms with van der Waals surface area (Å²) in [6.45, 7) is 3.90. The highest BCUT2D eigenvalue weighted by molar-refractivity contribution is 5.92. The van der Waals surface area contributed by atoms with E-state index in [-0.39, 0.29) is 30.3 Å². The first-order valence-electron chi connectivity index (χ1n) is 12.5. The van der Waals surface area contributed by atoms with Gasteiger partial charge in [0.15, 0.2) is 0 Å². The molecule has 3 fully saturated rings. The third kappa shape index (κ3) is 5.37. The maximum atomic E-state index is 12.7. The van der Waals surface area contributed by atoms with Crippen LogP contribution < -0.4 is 20.7 Å². The van der Waals surface area contributed by atoms with E-state index in [1.165, 1.54) is 0 Å². The summed E-state index contributed by atoms with van der Waals surface area (Å²) >= 11 is 0. The molecule has 3 heterocycles. The number of hydrogen-bond donors (Lipinski definition) is 2. The van der Waals surface area contributed by atoms with Gasteiger partial charge in [-0.1, -0.05) is 6.07 Å². The lowest BCUT2D eigenvalue weighted by atomic mass is 9.92. The number of hydrogen-bond acceptors (Lipinski definition) is 9. The number of nitrogens with two attached hydrogens (primary N) is 1. The Morgan fingerprint density at radius 1 is 1.17 bits per heavy atom. The molecular weight excluding hydrogens is 460 g/mol. The highest BCUT2D eigenvalue weighted by Crippen LogP contribution is 2.44. The summed E-state index contributed by atoms with van der Waals surface area (Å²) in [6, 6.07) is 6.18. The number of amides is 2. The molecule has 188 valence electrons. The van der Waals surface area contributed by atoms with E-state index in [0.29, 0.717) is 37.2 Å². The minimum Gasteiger partial charge on any atom is -0.462 e. The van der Waals surface area contributed by atoms with Crippen LogP contribution in [0.1, 0.15) is 76.8 Å². The van der Waals surface area contributed by atoms with Crippen LogP contribution in [0, 0.1) is 29.6 Å². The lowest BCUT2D eigenvalue weighted by molar-refractivity contribution is 0.0938. The summed E-state index contributed by atoms with van der Waals surface area (Å²) in [5, 5.41) is 12.3. The average molecular weight is 491 g/mol. The van der Waals surface area contributed by atoms with Crippen molar-refractivity contribution in [1.29, 1.82) is 5.26 Å². The van der Waals surface area contributed by atoms with E-state index in [1.54, 1.807) is 0 Å². The van der Waals surface area contributed by atoms with Crippen LogP contribution in [-0.4, -0.2) is 58.0 Å². The molecule has 0 unspecified atom stereocenters. The Kier molecular flexibility index (Phi) is 6.43. The Balaban J connectivity index is 1.30. The Bertz CT molecular complexity index is 1210. The highest BCUT2D eigenvalue weighted by Gasteiger charge is 2.44. The molecule has 11 nitrogen and oxygen atoms in total. The lowest BCUT2D eigenvalue weighted by Gasteiger charge is -2.32. The number of aromatic nitrogens is 4. The molecule has 2 aliphatic carbocycles. The zero-order valence-electron chi connectivity index (χ0n) is 20.4. The smallest absolute Gasteiger partial charge is 0.322 e. The Morgan fingerprint density at radius 3 is 2.56 bits per heavy atom. The number of carbonyl (C=O) groups excluding carboxylic acids is 2. The van der Waals surface area contributed by atoms with Gasteiger partial charge >= 0.3 is 6.01 Å². The molecule has 11 heteroatoms. The van der Waals surface area contributed by atoms with Crippen LogP contribution >= 0.6 is 0 Å². The van der Waals surface area contributed by atoms with E-state index < -0.39 is 11.3 Å². The van der Waals surface area contributed by atoms with Crippen LogP contribution in [0.4, 0.5) is 5.95 Å². The molecule has 3 aliphatic rings. The standard InChI is InChI=1S/C25H30N8O3/c1-15-2-5-18(29-19(15)20(27)34)17-6-10-33(11-7-17)23-30-21(22(35)28-12-16-3-4-16)31-24(32-23)36-14-25(13-26)8-9-25/h2,5,16-17H,3-4,6-12,14H2,1H3,(H2,27,34)(H,28,35). The van der Waals surface area contributed by atoms with E-state index in [2.05, 4.69) is 31.3 Å². The molecule has 5 rings (SSSR count). The van der Waals surface area contributed by atoms with Crippen molar-refractivity contribution < 1.29 is 14.3 Å². The second-order valence-corrected chi connectivity index (χ2v) is 10.1. The third-order valence-corrected chi connectivity index (χ3v) is 7.17. The summed E-state index contributed by atoms with van der Waals surface area (Å²) in [4.78, 5) is 44.1. The first-order chi connectivity index (χ1) is 17.4. The fraction of sp³-hybridized carbons (Fsp3) is 0.560. The minimum atomic E-state index is -0.527. The number of pyridine rings is 1. The van der Waals surface area contributed by atoms with Crippen molar-refractivity contribution in [2.24, 2.45) is 17.1 Å². The van der Waals surface area contributed by atoms with Gasteiger partial charge in [0, 0.05) is 31.2 Å². The van der Waals surface area contributed by atoms with E-state index in [1.807, 2.05) is 24.0 Å². The first kappa shape index (κ1) is 23.9. The van der Waals surface area contributed by atoms with Crippen molar-refractivity contribution in [3.8, 4) is 12.1 Å². The van der Waals surface area contributed by atoms with Gasteiger partial charge < -0.3 is 20.7 Å². The van der Waals surface area contributed by atoms with Gasteiger partial charge in [0.2, 0.25) is 11.8 Å². The number of aryl methyl sites for hydroxylation is 1. The van der Waals surface area contributed by atoms with Crippen molar-refractivity contribution in [3.63, 3.8) is 0 Å². The van der Waals surface area contributed by atoms with Crippen LogP contribution in [-0.2, 0) is 0 Å². The third-order valence-electron chi connectivity index (χ3n) is 7.17. The number of carbonyl (C=O) groups is 2. The van der Waals surface area contributed by atoms with Crippen LogP contribution in [0.3, 0.4) is 0 Å². The van der Waals surface area contributed by atoms with E-state index in [4.69, 9.17) is 10.5 Å². The zero-order chi connectivity index (χ0) is 25.3. The number of nitrogens with zero attached hydrogens (tertiary/aromatic N) is 6. The normalized spacial score (nSPS) is 18.8. The SMILES string of the molecule is Cc1ccc(C2CCN(c3nc(OCC4(C#N)CC4)nc(C(=O)NCC4CC4)n3)CC2)nc1C(N)=O. The molecule has 3 N–H and O–H groups in total. The van der Waals surface area contributed by atoms with Gasteiger partial charge in [0.05, 0.1) is 11.5 Å². The molecule has 0 spiro atoms. The topological polar surface area (TPSA) is 160 Å². The molecule has 0 aromatic carbocycles. The predicted molar refractivity (Wildman–Crippen MR) is 129 cm³/mol. The van der Waals surface area contributed by atoms with Gasteiger partial charge in [-0.2, -0.15) is 20.2 Å². The second-order valence-electron chi connectivity index (χ2n) is 10.1. The summed E-state index contributed by atoms with van der Waals surface area (Å²) < 4.78 is 5.78. The lowest BCUT2D eigenvalue weighted by Crippen LogP contribution is -2.36. The molecule has 2 aromatic heterocycles. The van der Waals surface area contributed by atoms with E-state index in [9.17, 15) is 14.9 Å². The van der Waals surface area contributed by atoms with Gasteiger partial charge in [0.1, 0.15) is 12.3 Å². The second kappa shape index (κ2) is 9.68. The Morgan fingerprint density at radius 2 is 1.92 bits per heavy atom. The maximum absolute atomic E-state index is 12.7. The fourth-order valence-corrected chi connectivity index (χ4v) is 4.33. The summed E-state index contributed by atoms with van der Waals surface area (Å²) in [7, 11) is 0. The van der Waals surface area contributed by atoms with Crippen molar-refractivity contribution in [1.82, 2.24) is 25.3 Å². The predicted octanol–water partition coefficient (Wildman–Crippen LogP) is 1.88. The molecule has 2 amide bonds. The van der Waals surface area contributed by atoms with Gasteiger partial charge in [0.25, 0.3) is 11.8 Å². The van der Waals surface area contributed by atoms with Gasteiger partial charge in [-0.15, -0.1) is 0 Å². The molecule has 0 atom stereocenters. The molecule has 1 saturated heterocycles. The summed E-state index contributed by atoms with van der Waals surface area (Å²) in [5.41, 5.74) is 6.91. The number of rotatable bonds is 9. The number of anilines is 1. The summed E-state index contributed by atoms with van der Waals surface area (Å²) in [6.07, 6.45) is 5.37. The number of ether oxygens (including phenoxy) is 1. The van der Waals surface area contributed by atoms with E-state index in [0.717, 1.165) is 49.8 Å². The van der Waals surface area contributed by atoms with Crippen molar-refractivity contribution in [2.75, 3.05) is 31.1 Å². The fourth-order valence-electron chi connectivity index (χ4n) is 4.33. The molecule has 1 aliphatic heterocycles. The number of nitrogens with one attached hydrogen (secondary N) is 1.